The van der Waals surface area contributed by atoms with E-state index in [1.807, 2.05) is 0 Å². The van der Waals surface area contributed by atoms with Crippen molar-refractivity contribution in [2.75, 3.05) is 0 Å². The number of carboxylic acids is 1. The molecule has 0 saturated carbocycles. The van der Waals surface area contributed by atoms with Crippen molar-refractivity contribution >= 4 is 16.1 Å². The molecular formula is C20H38O5S. The molecule has 0 aromatic rings. The molecule has 0 aliphatic rings. The molecule has 0 aromatic heterocycles. The van der Waals surface area contributed by atoms with Gasteiger partial charge in [0.1, 0.15) is 0 Å². The lowest BCUT2D eigenvalue weighted by molar-refractivity contribution is -0.140. The summed E-state index contributed by atoms with van der Waals surface area (Å²) in [5.74, 6) is -1.46. The first-order chi connectivity index (χ1) is 12.3. The molecule has 2 N–H and O–H groups in total. The minimum atomic E-state index is -4.60. The van der Waals surface area contributed by atoms with Crippen LogP contribution in [0.5, 0.6) is 0 Å². The molecule has 1 unspecified atom stereocenters. The lowest BCUT2D eigenvalue weighted by Gasteiger charge is -2.24. The van der Waals surface area contributed by atoms with Gasteiger partial charge in [0.05, 0.1) is 0 Å². The number of aliphatic carboxylic acids is 1. The van der Waals surface area contributed by atoms with E-state index in [9.17, 15) is 22.9 Å². The van der Waals surface area contributed by atoms with Crippen LogP contribution in [0.25, 0.3) is 0 Å². The maximum atomic E-state index is 11.5. The van der Waals surface area contributed by atoms with Gasteiger partial charge in [-0.1, -0.05) is 77.4 Å². The molecule has 0 fully saturated rings. The molecule has 0 aromatic carbocycles. The van der Waals surface area contributed by atoms with Crippen LogP contribution in [0.1, 0.15) is 104 Å². The Morgan fingerprint density at radius 1 is 0.846 bits per heavy atom. The quantitative estimate of drug-likeness (QED) is 0.187. The Balaban J connectivity index is 3.80. The van der Waals surface area contributed by atoms with Crippen LogP contribution in [0, 0.1) is 0 Å². The summed E-state index contributed by atoms with van der Waals surface area (Å²) in [6, 6.07) is 0. The number of unbranched alkanes of at least 4 members (excludes halogenated alkanes) is 10. The van der Waals surface area contributed by atoms with E-state index in [2.05, 4.69) is 19.1 Å². The van der Waals surface area contributed by atoms with E-state index in [0.29, 0.717) is 6.42 Å². The molecule has 26 heavy (non-hydrogen) atoms. The zero-order valence-corrected chi connectivity index (χ0v) is 17.4. The van der Waals surface area contributed by atoms with Gasteiger partial charge in [0.2, 0.25) is 0 Å². The molecule has 5 nitrogen and oxygen atoms in total. The first kappa shape index (κ1) is 25.1. The van der Waals surface area contributed by atoms with Crippen LogP contribution in [0.4, 0.5) is 0 Å². The van der Waals surface area contributed by atoms with Crippen molar-refractivity contribution in [2.45, 2.75) is 108 Å². The van der Waals surface area contributed by atoms with E-state index in [0.717, 1.165) is 32.1 Å². The van der Waals surface area contributed by atoms with Crippen LogP contribution in [0.3, 0.4) is 0 Å². The van der Waals surface area contributed by atoms with Crippen molar-refractivity contribution in [1.82, 2.24) is 0 Å². The van der Waals surface area contributed by atoms with Crippen LogP contribution in [0.2, 0.25) is 0 Å². The van der Waals surface area contributed by atoms with Crippen molar-refractivity contribution in [2.24, 2.45) is 0 Å². The summed E-state index contributed by atoms with van der Waals surface area (Å²) in [6.07, 6.45) is 17.5. The van der Waals surface area contributed by atoms with E-state index < -0.39 is 20.8 Å². The van der Waals surface area contributed by atoms with Gasteiger partial charge in [0, 0.05) is 0 Å². The summed E-state index contributed by atoms with van der Waals surface area (Å²) in [5.41, 5.74) is 0. The standard InChI is InChI=1S/C20H38O5S/c1-3-5-6-7-8-9-10-11-12-13-14-15-16-17-18-20(4-2,19(21)22)26(23,24)25/h11-12H,3-10,13-18H2,1-2H3,(H,21,22)(H,23,24,25). The third-order valence-electron chi connectivity index (χ3n) is 5.05. The SMILES string of the molecule is CCCCCCCCC=CCCCCCCC(CC)(C(=O)O)S(=O)(=O)O. The average molecular weight is 391 g/mol. The zero-order valence-electron chi connectivity index (χ0n) is 16.6. The van der Waals surface area contributed by atoms with Gasteiger partial charge in [-0.3, -0.25) is 9.35 Å². The monoisotopic (exact) mass is 390 g/mol. The van der Waals surface area contributed by atoms with Crippen molar-refractivity contribution in [1.29, 1.82) is 0 Å². The predicted octanol–water partition coefficient (Wildman–Crippen LogP) is 5.76. The largest absolute Gasteiger partial charge is 0.480 e. The van der Waals surface area contributed by atoms with E-state index in [1.165, 1.54) is 45.4 Å². The molecule has 0 aliphatic carbocycles. The molecule has 154 valence electrons. The van der Waals surface area contributed by atoms with Gasteiger partial charge in [0.15, 0.2) is 4.75 Å². The summed E-state index contributed by atoms with van der Waals surface area (Å²) in [7, 11) is -4.60. The van der Waals surface area contributed by atoms with Gasteiger partial charge in [-0.05, 0) is 38.5 Å². The van der Waals surface area contributed by atoms with E-state index in [1.54, 1.807) is 0 Å². The number of allylic oxidation sites excluding steroid dienone is 2. The smallest absolute Gasteiger partial charge is 0.327 e. The van der Waals surface area contributed by atoms with Crippen molar-refractivity contribution in [3.63, 3.8) is 0 Å². The van der Waals surface area contributed by atoms with Gasteiger partial charge in [0.25, 0.3) is 10.1 Å². The first-order valence-corrected chi connectivity index (χ1v) is 11.6. The van der Waals surface area contributed by atoms with E-state index >= 15 is 0 Å². The molecule has 1 atom stereocenters. The summed E-state index contributed by atoms with van der Waals surface area (Å²) < 4.78 is 30.1. The van der Waals surface area contributed by atoms with E-state index in [4.69, 9.17) is 0 Å². The predicted molar refractivity (Wildman–Crippen MR) is 107 cm³/mol. The lowest BCUT2D eigenvalue weighted by Crippen LogP contribution is -2.45. The third-order valence-corrected chi connectivity index (χ3v) is 6.70. The van der Waals surface area contributed by atoms with E-state index in [-0.39, 0.29) is 12.8 Å². The van der Waals surface area contributed by atoms with Crippen LogP contribution in [-0.4, -0.2) is 28.8 Å². The Hall–Kier alpha value is -0.880. The molecule has 0 radical (unpaired) electrons. The van der Waals surface area contributed by atoms with Crippen molar-refractivity contribution in [3.05, 3.63) is 12.2 Å². The second-order valence-electron chi connectivity index (χ2n) is 7.11. The molecule has 0 aliphatic heterocycles. The highest BCUT2D eigenvalue weighted by Crippen LogP contribution is 2.28. The van der Waals surface area contributed by atoms with Gasteiger partial charge >= 0.3 is 5.97 Å². The summed E-state index contributed by atoms with van der Waals surface area (Å²) in [4.78, 5) is 11.3. The van der Waals surface area contributed by atoms with Gasteiger partial charge in [-0.15, -0.1) is 0 Å². The first-order valence-electron chi connectivity index (χ1n) is 10.2. The molecule has 0 bridgehead atoms. The van der Waals surface area contributed by atoms with Crippen LogP contribution in [0.15, 0.2) is 12.2 Å². The molecule has 0 heterocycles. The Labute approximate surface area is 160 Å². The van der Waals surface area contributed by atoms with Crippen molar-refractivity contribution < 1.29 is 22.9 Å². The highest BCUT2D eigenvalue weighted by molar-refractivity contribution is 7.88. The topological polar surface area (TPSA) is 91.7 Å². The second kappa shape index (κ2) is 14.2. The number of carboxylic acid groups (broad SMARTS) is 1. The van der Waals surface area contributed by atoms with Crippen LogP contribution >= 0.6 is 0 Å². The highest BCUT2D eigenvalue weighted by Gasteiger charge is 2.48. The minimum Gasteiger partial charge on any atom is -0.480 e. The lowest BCUT2D eigenvalue weighted by atomic mass is 9.97. The number of carbonyl (C=O) groups is 1. The maximum Gasteiger partial charge on any atom is 0.327 e. The number of hydrogen-bond donors (Lipinski definition) is 2. The Morgan fingerprint density at radius 3 is 1.73 bits per heavy atom. The van der Waals surface area contributed by atoms with Crippen LogP contribution < -0.4 is 0 Å². The number of hydrogen-bond acceptors (Lipinski definition) is 3. The fourth-order valence-electron chi connectivity index (χ4n) is 3.16. The molecule has 0 saturated heterocycles. The minimum absolute atomic E-state index is 0.0362. The second-order valence-corrected chi connectivity index (χ2v) is 8.84. The third kappa shape index (κ3) is 9.72. The Kier molecular flexibility index (Phi) is 13.7. The highest BCUT2D eigenvalue weighted by atomic mass is 32.2. The van der Waals surface area contributed by atoms with Gasteiger partial charge in [-0.25, -0.2) is 0 Å². The molecule has 0 amide bonds. The molecule has 0 rings (SSSR count). The van der Waals surface area contributed by atoms with Crippen molar-refractivity contribution in [3.8, 4) is 0 Å². The summed E-state index contributed by atoms with van der Waals surface area (Å²) in [6.45, 7) is 3.71. The molecule has 6 heteroatoms. The average Bonchev–Trinajstić information content (AvgIpc) is 2.57. The fourth-order valence-corrected chi connectivity index (χ4v) is 4.15. The maximum absolute atomic E-state index is 11.5. The Bertz CT molecular complexity index is 498. The van der Waals surface area contributed by atoms with Gasteiger partial charge in [-0.2, -0.15) is 8.42 Å². The Morgan fingerprint density at radius 2 is 1.31 bits per heavy atom. The number of rotatable bonds is 17. The molecular weight excluding hydrogens is 352 g/mol. The van der Waals surface area contributed by atoms with Gasteiger partial charge < -0.3 is 5.11 Å². The fraction of sp³-hybridized carbons (Fsp3) is 0.850. The molecule has 0 spiro atoms. The zero-order chi connectivity index (χ0) is 19.9. The summed E-state index contributed by atoms with van der Waals surface area (Å²) >= 11 is 0. The summed E-state index contributed by atoms with van der Waals surface area (Å²) in [5, 5.41) is 9.21. The van der Waals surface area contributed by atoms with Crippen LogP contribution in [-0.2, 0) is 14.9 Å². The normalized spacial score (nSPS) is 14.6.